The van der Waals surface area contributed by atoms with Crippen LogP contribution >= 0.6 is 0 Å². The summed E-state index contributed by atoms with van der Waals surface area (Å²) in [6.07, 6.45) is 2.42. The number of nitrogens with one attached hydrogen (secondary N) is 2. The van der Waals surface area contributed by atoms with Crippen molar-refractivity contribution in [1.29, 1.82) is 0 Å². The highest BCUT2D eigenvalue weighted by atomic mass is 16.5. The van der Waals surface area contributed by atoms with E-state index in [4.69, 9.17) is 4.74 Å². The van der Waals surface area contributed by atoms with Crippen LogP contribution in [-0.4, -0.2) is 35.6 Å². The minimum absolute atomic E-state index is 0.0740. The molecule has 0 aliphatic heterocycles. The summed E-state index contributed by atoms with van der Waals surface area (Å²) in [4.78, 5) is 19.1. The average Bonchev–Trinajstić information content (AvgIpc) is 2.83. The Labute approximate surface area is 106 Å². The molecule has 1 aromatic carbocycles. The zero-order valence-corrected chi connectivity index (χ0v) is 10.6. The van der Waals surface area contributed by atoms with Crippen molar-refractivity contribution in [3.63, 3.8) is 0 Å². The van der Waals surface area contributed by atoms with Crippen molar-refractivity contribution in [2.45, 2.75) is 19.4 Å². The van der Waals surface area contributed by atoms with Crippen LogP contribution in [0.4, 0.5) is 0 Å². The highest BCUT2D eigenvalue weighted by Crippen LogP contribution is 2.11. The molecule has 1 amide bonds. The monoisotopic (exact) mass is 247 g/mol. The van der Waals surface area contributed by atoms with Gasteiger partial charge in [0.05, 0.1) is 17.4 Å². The van der Waals surface area contributed by atoms with Gasteiger partial charge in [-0.15, -0.1) is 0 Å². The van der Waals surface area contributed by atoms with Gasteiger partial charge >= 0.3 is 0 Å². The van der Waals surface area contributed by atoms with E-state index in [2.05, 4.69) is 15.3 Å². The molecule has 0 unspecified atom stereocenters. The highest BCUT2D eigenvalue weighted by Gasteiger charge is 2.10. The van der Waals surface area contributed by atoms with E-state index in [9.17, 15) is 4.79 Å². The first-order chi connectivity index (χ1) is 8.70. The summed E-state index contributed by atoms with van der Waals surface area (Å²) in [5, 5.41) is 2.93. The van der Waals surface area contributed by atoms with Gasteiger partial charge in [0.2, 0.25) is 0 Å². The maximum atomic E-state index is 12.0. The number of rotatable bonds is 5. The average molecular weight is 247 g/mol. The number of aromatic nitrogens is 2. The predicted molar refractivity (Wildman–Crippen MR) is 69.5 cm³/mol. The van der Waals surface area contributed by atoms with Crippen molar-refractivity contribution in [3.8, 4) is 0 Å². The first-order valence-electron chi connectivity index (χ1n) is 5.93. The fourth-order valence-corrected chi connectivity index (χ4v) is 1.75. The molecule has 5 nitrogen and oxygen atoms in total. The topological polar surface area (TPSA) is 67.0 Å². The number of amides is 1. The molecule has 0 aliphatic rings. The summed E-state index contributed by atoms with van der Waals surface area (Å²) < 4.78 is 4.98. The first-order valence-corrected chi connectivity index (χ1v) is 5.93. The molecule has 0 radical (unpaired) electrons. The Hall–Kier alpha value is -1.88. The van der Waals surface area contributed by atoms with Gasteiger partial charge in [-0.3, -0.25) is 4.79 Å². The number of fused-ring (bicyclic) bond motifs is 1. The number of aromatic amines is 1. The van der Waals surface area contributed by atoms with Gasteiger partial charge in [-0.1, -0.05) is 0 Å². The van der Waals surface area contributed by atoms with Crippen LogP contribution in [-0.2, 0) is 4.74 Å². The van der Waals surface area contributed by atoms with Gasteiger partial charge in [-0.05, 0) is 31.5 Å². The molecule has 2 rings (SSSR count). The van der Waals surface area contributed by atoms with Crippen LogP contribution in [0, 0.1) is 0 Å². The highest BCUT2D eigenvalue weighted by molar-refractivity contribution is 5.97. The second kappa shape index (κ2) is 5.64. The van der Waals surface area contributed by atoms with E-state index in [-0.39, 0.29) is 11.9 Å². The van der Waals surface area contributed by atoms with E-state index < -0.39 is 0 Å². The summed E-state index contributed by atoms with van der Waals surface area (Å²) >= 11 is 0. The quantitative estimate of drug-likeness (QED) is 0.845. The Morgan fingerprint density at radius 2 is 2.39 bits per heavy atom. The lowest BCUT2D eigenvalue weighted by molar-refractivity contribution is 0.0929. The van der Waals surface area contributed by atoms with Crippen molar-refractivity contribution in [3.05, 3.63) is 30.1 Å². The Morgan fingerprint density at radius 3 is 3.17 bits per heavy atom. The van der Waals surface area contributed by atoms with Crippen LogP contribution in [0.3, 0.4) is 0 Å². The number of hydrogen-bond acceptors (Lipinski definition) is 3. The molecular formula is C13H17N3O2. The van der Waals surface area contributed by atoms with Gasteiger partial charge in [0.15, 0.2) is 0 Å². The Balaban J connectivity index is 2.03. The Kier molecular flexibility index (Phi) is 3.94. The van der Waals surface area contributed by atoms with Crippen LogP contribution in [0.15, 0.2) is 24.5 Å². The van der Waals surface area contributed by atoms with Gasteiger partial charge in [0.25, 0.3) is 5.91 Å². The van der Waals surface area contributed by atoms with Crippen LogP contribution in [0.1, 0.15) is 23.7 Å². The molecular weight excluding hydrogens is 230 g/mol. The second-order valence-corrected chi connectivity index (χ2v) is 4.29. The summed E-state index contributed by atoms with van der Waals surface area (Å²) in [7, 11) is 1.65. The minimum Gasteiger partial charge on any atom is -0.385 e. The number of carbonyl (C=O) groups excluding carboxylic acids is 1. The molecule has 0 aliphatic carbocycles. The molecule has 1 heterocycles. The zero-order valence-electron chi connectivity index (χ0n) is 10.6. The lowest BCUT2D eigenvalue weighted by Gasteiger charge is -2.13. The number of nitrogens with zero attached hydrogens (tertiary/aromatic N) is 1. The molecule has 96 valence electrons. The minimum atomic E-state index is -0.0740. The molecule has 2 aromatic rings. The molecule has 18 heavy (non-hydrogen) atoms. The number of benzene rings is 1. The molecule has 1 atom stereocenters. The van der Waals surface area contributed by atoms with Gasteiger partial charge in [-0.25, -0.2) is 4.98 Å². The standard InChI is InChI=1S/C13H17N3O2/c1-9(5-6-18-2)16-13(17)10-3-4-11-12(7-10)15-8-14-11/h3-4,7-9H,5-6H2,1-2H3,(H,14,15)(H,16,17)/t9-/m0/s1. The number of methoxy groups -OCH3 is 1. The van der Waals surface area contributed by atoms with Crippen molar-refractivity contribution in [2.24, 2.45) is 0 Å². The van der Waals surface area contributed by atoms with Gasteiger partial charge in [0, 0.05) is 25.3 Å². The molecule has 0 fully saturated rings. The van der Waals surface area contributed by atoms with Crippen molar-refractivity contribution < 1.29 is 9.53 Å². The van der Waals surface area contributed by atoms with Crippen molar-refractivity contribution in [2.75, 3.05) is 13.7 Å². The van der Waals surface area contributed by atoms with Crippen LogP contribution in [0.5, 0.6) is 0 Å². The number of imidazole rings is 1. The molecule has 5 heteroatoms. The second-order valence-electron chi connectivity index (χ2n) is 4.29. The van der Waals surface area contributed by atoms with Crippen LogP contribution in [0.25, 0.3) is 11.0 Å². The lowest BCUT2D eigenvalue weighted by atomic mass is 10.1. The molecule has 0 saturated carbocycles. The molecule has 0 saturated heterocycles. The molecule has 1 aromatic heterocycles. The summed E-state index contributed by atoms with van der Waals surface area (Å²) in [6, 6.07) is 5.51. The first kappa shape index (κ1) is 12.6. The van der Waals surface area contributed by atoms with Gasteiger partial charge < -0.3 is 15.0 Å². The fraction of sp³-hybridized carbons (Fsp3) is 0.385. The van der Waals surface area contributed by atoms with E-state index in [0.29, 0.717) is 12.2 Å². The maximum absolute atomic E-state index is 12.0. The normalized spacial score (nSPS) is 12.6. The van der Waals surface area contributed by atoms with Crippen LogP contribution < -0.4 is 5.32 Å². The molecule has 2 N–H and O–H groups in total. The summed E-state index contributed by atoms with van der Waals surface area (Å²) in [5.41, 5.74) is 2.36. The van der Waals surface area contributed by atoms with E-state index in [1.54, 1.807) is 25.6 Å². The number of carbonyl (C=O) groups is 1. The van der Waals surface area contributed by atoms with Gasteiger partial charge in [0.1, 0.15) is 0 Å². The molecule has 0 spiro atoms. The maximum Gasteiger partial charge on any atom is 0.251 e. The van der Waals surface area contributed by atoms with E-state index in [1.165, 1.54) is 0 Å². The number of hydrogen-bond donors (Lipinski definition) is 2. The summed E-state index contributed by atoms with van der Waals surface area (Å²) in [5.74, 6) is -0.0740. The third-order valence-corrected chi connectivity index (χ3v) is 2.81. The Bertz CT molecular complexity index is 536. The fourth-order valence-electron chi connectivity index (χ4n) is 1.75. The zero-order chi connectivity index (χ0) is 13.0. The Morgan fingerprint density at radius 1 is 1.56 bits per heavy atom. The molecule has 0 bridgehead atoms. The number of ether oxygens (including phenoxy) is 1. The third-order valence-electron chi connectivity index (χ3n) is 2.81. The number of H-pyrrole nitrogens is 1. The summed E-state index contributed by atoms with van der Waals surface area (Å²) in [6.45, 7) is 2.60. The van der Waals surface area contributed by atoms with Crippen molar-refractivity contribution in [1.82, 2.24) is 15.3 Å². The van der Waals surface area contributed by atoms with Gasteiger partial charge in [-0.2, -0.15) is 0 Å². The van der Waals surface area contributed by atoms with Crippen LogP contribution in [0.2, 0.25) is 0 Å². The van der Waals surface area contributed by atoms with Crippen molar-refractivity contribution >= 4 is 16.9 Å². The smallest absolute Gasteiger partial charge is 0.251 e. The predicted octanol–water partition coefficient (Wildman–Crippen LogP) is 1.72. The third kappa shape index (κ3) is 2.87. The lowest BCUT2D eigenvalue weighted by Crippen LogP contribution is -2.33. The SMILES string of the molecule is COCC[C@H](C)NC(=O)c1ccc2nc[nH]c2c1. The van der Waals surface area contributed by atoms with E-state index >= 15 is 0 Å². The van der Waals surface area contributed by atoms with E-state index in [1.807, 2.05) is 13.0 Å². The largest absolute Gasteiger partial charge is 0.385 e. The van der Waals surface area contributed by atoms with E-state index in [0.717, 1.165) is 17.5 Å².